The maximum atomic E-state index is 12.5. The number of ether oxygens (including phenoxy) is 1. The van der Waals surface area contributed by atoms with Crippen molar-refractivity contribution in [1.29, 1.82) is 5.26 Å². The van der Waals surface area contributed by atoms with Gasteiger partial charge in [-0.3, -0.25) is 0 Å². The summed E-state index contributed by atoms with van der Waals surface area (Å²) in [5.74, 6) is -1.49. The molecule has 0 bridgehead atoms. The summed E-state index contributed by atoms with van der Waals surface area (Å²) in [6.07, 6.45) is -10.4. The molecule has 1 rings (SSSR count). The van der Waals surface area contributed by atoms with Crippen molar-refractivity contribution in [2.75, 3.05) is 0 Å². The van der Waals surface area contributed by atoms with Crippen LogP contribution in [0.25, 0.3) is 0 Å². The smallest absolute Gasteiger partial charge is 0.405 e. The van der Waals surface area contributed by atoms with Crippen LogP contribution in [0.15, 0.2) is 6.07 Å². The number of hydrogen-bond donors (Lipinski definition) is 0. The molecule has 0 saturated carbocycles. The molecule has 9 heteroatoms. The van der Waals surface area contributed by atoms with E-state index in [0.717, 1.165) is 6.92 Å². The van der Waals surface area contributed by atoms with E-state index in [1.165, 1.54) is 6.07 Å². The van der Waals surface area contributed by atoms with Gasteiger partial charge in [-0.25, -0.2) is 4.98 Å². The standard InChI is InChI=1S/C9H4F6N2O/c1-4-7(8(10,11)12)6(18-9(13,14)15)2-5(3-16)17-4/h2H,1H3. The lowest BCUT2D eigenvalue weighted by molar-refractivity contribution is -0.276. The molecule has 0 radical (unpaired) electrons. The predicted octanol–water partition coefficient (Wildman–Crippen LogP) is 3.18. The summed E-state index contributed by atoms with van der Waals surface area (Å²) in [6.45, 7) is 0.840. The number of pyridine rings is 1. The fourth-order valence-electron chi connectivity index (χ4n) is 1.25. The molecule has 0 aliphatic rings. The summed E-state index contributed by atoms with van der Waals surface area (Å²) in [7, 11) is 0. The molecule has 0 aliphatic carbocycles. The highest BCUT2D eigenvalue weighted by Crippen LogP contribution is 2.40. The Bertz CT molecular complexity index is 499. The lowest BCUT2D eigenvalue weighted by Crippen LogP contribution is -2.21. The SMILES string of the molecule is Cc1nc(C#N)cc(OC(F)(F)F)c1C(F)(F)F. The van der Waals surface area contributed by atoms with Crippen LogP contribution in [-0.4, -0.2) is 11.3 Å². The van der Waals surface area contributed by atoms with Gasteiger partial charge in [-0.2, -0.15) is 18.4 Å². The minimum Gasteiger partial charge on any atom is -0.405 e. The van der Waals surface area contributed by atoms with Crippen molar-refractivity contribution in [2.45, 2.75) is 19.5 Å². The summed E-state index contributed by atoms with van der Waals surface area (Å²) in [6, 6.07) is 1.64. The van der Waals surface area contributed by atoms with Gasteiger partial charge in [0.05, 0.1) is 5.69 Å². The second-order valence-corrected chi connectivity index (χ2v) is 3.12. The number of halogens is 6. The molecule has 0 atom stereocenters. The first kappa shape index (κ1) is 14.1. The molecular formula is C9H4F6N2O. The number of nitriles is 1. The van der Waals surface area contributed by atoms with Gasteiger partial charge in [-0.15, -0.1) is 13.2 Å². The summed E-state index contributed by atoms with van der Waals surface area (Å²) >= 11 is 0. The number of alkyl halides is 6. The van der Waals surface area contributed by atoms with E-state index >= 15 is 0 Å². The van der Waals surface area contributed by atoms with Gasteiger partial charge in [-0.1, -0.05) is 0 Å². The monoisotopic (exact) mass is 270 g/mol. The van der Waals surface area contributed by atoms with Gasteiger partial charge >= 0.3 is 12.5 Å². The Labute approximate surface area is 96.6 Å². The van der Waals surface area contributed by atoms with Crippen LogP contribution in [0.3, 0.4) is 0 Å². The molecule has 0 unspecified atom stereocenters. The Hall–Kier alpha value is -1.98. The van der Waals surface area contributed by atoms with Gasteiger partial charge in [-0.05, 0) is 6.92 Å². The molecule has 0 aliphatic heterocycles. The van der Waals surface area contributed by atoms with Crippen LogP contribution in [0.4, 0.5) is 26.3 Å². The first-order valence-electron chi connectivity index (χ1n) is 4.29. The zero-order valence-corrected chi connectivity index (χ0v) is 8.65. The minimum atomic E-state index is -5.29. The topological polar surface area (TPSA) is 45.9 Å². The van der Waals surface area contributed by atoms with E-state index in [1.54, 1.807) is 0 Å². The highest BCUT2D eigenvalue weighted by molar-refractivity contribution is 5.43. The van der Waals surface area contributed by atoms with Crippen LogP contribution >= 0.6 is 0 Å². The first-order chi connectivity index (χ1) is 8.04. The summed E-state index contributed by atoms with van der Waals surface area (Å²) < 4.78 is 76.9. The summed E-state index contributed by atoms with van der Waals surface area (Å²) in [5, 5.41) is 8.45. The third-order valence-electron chi connectivity index (χ3n) is 1.79. The van der Waals surface area contributed by atoms with Gasteiger partial charge in [0.1, 0.15) is 23.1 Å². The molecule has 1 aromatic rings. The molecule has 0 fully saturated rings. The number of aromatic nitrogens is 1. The fourth-order valence-corrected chi connectivity index (χ4v) is 1.25. The highest BCUT2D eigenvalue weighted by atomic mass is 19.4. The maximum Gasteiger partial charge on any atom is 0.573 e. The molecule has 0 spiro atoms. The average molecular weight is 270 g/mol. The molecule has 3 nitrogen and oxygen atoms in total. The predicted molar refractivity (Wildman–Crippen MR) is 45.4 cm³/mol. The van der Waals surface area contributed by atoms with Gasteiger partial charge in [0.2, 0.25) is 0 Å². The molecule has 18 heavy (non-hydrogen) atoms. The van der Waals surface area contributed by atoms with E-state index in [1.807, 2.05) is 0 Å². The first-order valence-corrected chi connectivity index (χ1v) is 4.29. The average Bonchev–Trinajstić information content (AvgIpc) is 2.11. The third-order valence-corrected chi connectivity index (χ3v) is 1.79. The second kappa shape index (κ2) is 4.36. The Kier molecular flexibility index (Phi) is 3.41. The van der Waals surface area contributed by atoms with E-state index in [-0.39, 0.29) is 0 Å². The van der Waals surface area contributed by atoms with Crippen LogP contribution in [0.2, 0.25) is 0 Å². The normalized spacial score (nSPS) is 12.1. The molecule has 0 aromatic carbocycles. The van der Waals surface area contributed by atoms with Crippen LogP contribution < -0.4 is 4.74 Å². The van der Waals surface area contributed by atoms with E-state index < -0.39 is 35.2 Å². The van der Waals surface area contributed by atoms with E-state index in [9.17, 15) is 26.3 Å². The zero-order valence-electron chi connectivity index (χ0n) is 8.65. The molecule has 0 amide bonds. The van der Waals surface area contributed by atoms with Crippen molar-refractivity contribution in [1.82, 2.24) is 4.98 Å². The summed E-state index contributed by atoms with van der Waals surface area (Å²) in [4.78, 5) is 3.22. The lowest BCUT2D eigenvalue weighted by Gasteiger charge is -2.16. The van der Waals surface area contributed by atoms with Crippen molar-refractivity contribution in [2.24, 2.45) is 0 Å². The molecule has 1 heterocycles. The van der Waals surface area contributed by atoms with Gasteiger partial charge < -0.3 is 4.74 Å². The summed E-state index contributed by atoms with van der Waals surface area (Å²) in [5.41, 5.74) is -3.01. The number of nitrogens with zero attached hydrogens (tertiary/aromatic N) is 2. The van der Waals surface area contributed by atoms with Crippen molar-refractivity contribution in [3.63, 3.8) is 0 Å². The highest BCUT2D eigenvalue weighted by Gasteiger charge is 2.41. The lowest BCUT2D eigenvalue weighted by atomic mass is 10.1. The van der Waals surface area contributed by atoms with Crippen molar-refractivity contribution >= 4 is 0 Å². The second-order valence-electron chi connectivity index (χ2n) is 3.12. The van der Waals surface area contributed by atoms with E-state index in [0.29, 0.717) is 6.07 Å². The van der Waals surface area contributed by atoms with Gasteiger partial charge in [0, 0.05) is 6.07 Å². The van der Waals surface area contributed by atoms with E-state index in [2.05, 4.69) is 9.72 Å². The van der Waals surface area contributed by atoms with Crippen LogP contribution in [0, 0.1) is 18.3 Å². The fraction of sp³-hybridized carbons (Fsp3) is 0.333. The molecule has 1 aromatic heterocycles. The molecule has 0 N–H and O–H groups in total. The quantitative estimate of drug-likeness (QED) is 0.736. The molecular weight excluding hydrogens is 266 g/mol. The number of rotatable bonds is 1. The Morgan fingerprint density at radius 2 is 1.78 bits per heavy atom. The van der Waals surface area contributed by atoms with Crippen molar-refractivity contribution in [3.05, 3.63) is 23.0 Å². The van der Waals surface area contributed by atoms with E-state index in [4.69, 9.17) is 5.26 Å². The van der Waals surface area contributed by atoms with Gasteiger partial charge in [0.25, 0.3) is 0 Å². The maximum absolute atomic E-state index is 12.5. The van der Waals surface area contributed by atoms with Crippen molar-refractivity contribution in [3.8, 4) is 11.8 Å². The third kappa shape index (κ3) is 3.26. The largest absolute Gasteiger partial charge is 0.573 e. The number of aryl methyl sites for hydroxylation is 1. The Morgan fingerprint density at radius 3 is 2.17 bits per heavy atom. The number of hydrogen-bond acceptors (Lipinski definition) is 3. The van der Waals surface area contributed by atoms with Gasteiger partial charge in [0.15, 0.2) is 0 Å². The van der Waals surface area contributed by atoms with Crippen LogP contribution in [-0.2, 0) is 6.18 Å². The van der Waals surface area contributed by atoms with Crippen LogP contribution in [0.5, 0.6) is 5.75 Å². The minimum absolute atomic E-state index is 0.295. The molecule has 98 valence electrons. The van der Waals surface area contributed by atoms with Crippen LogP contribution in [0.1, 0.15) is 17.0 Å². The Balaban J connectivity index is 3.45. The van der Waals surface area contributed by atoms with Crippen molar-refractivity contribution < 1.29 is 31.1 Å². The molecule has 0 saturated heterocycles. The Morgan fingerprint density at radius 1 is 1.22 bits per heavy atom. The zero-order chi connectivity index (χ0) is 14.1.